The highest BCUT2D eigenvalue weighted by atomic mass is 79.9. The van der Waals surface area contributed by atoms with E-state index < -0.39 is 0 Å². The Morgan fingerprint density at radius 3 is 2.43 bits per heavy atom. The molecule has 0 N–H and O–H groups in total. The highest BCUT2D eigenvalue weighted by molar-refractivity contribution is 9.11. The molecule has 0 amide bonds. The number of hydrogen-bond donors (Lipinski definition) is 0. The zero-order chi connectivity index (χ0) is 5.28. The van der Waals surface area contributed by atoms with E-state index in [0.717, 1.165) is 8.66 Å². The van der Waals surface area contributed by atoms with Crippen molar-refractivity contribution in [3.05, 3.63) is 27.7 Å². The molecule has 0 nitrogen and oxygen atoms in total. The molecule has 0 spiro atoms. The van der Waals surface area contributed by atoms with Gasteiger partial charge in [0.25, 0.3) is 0 Å². The summed E-state index contributed by atoms with van der Waals surface area (Å²) < 4.78 is 1.15. The molecule has 0 aliphatic carbocycles. The molecular weight excluding hydrogens is 172 g/mol. The van der Waals surface area contributed by atoms with Crippen LogP contribution in [0.3, 0.4) is 0 Å². The first kappa shape index (κ1) is 5.32. The molecule has 2 heteroatoms. The molecule has 0 unspecified atom stereocenters. The summed E-state index contributed by atoms with van der Waals surface area (Å²) in [6, 6.07) is 3.97. The zero-order valence-corrected chi connectivity index (χ0v) is 6.05. The van der Waals surface area contributed by atoms with E-state index in [1.54, 1.807) is 11.3 Å². The first-order valence-electron chi connectivity index (χ1n) is 1.86. The van der Waals surface area contributed by atoms with Crippen LogP contribution in [0.5, 0.6) is 0 Å². The zero-order valence-electron chi connectivity index (χ0n) is 3.65. The Morgan fingerprint density at radius 2 is 2.29 bits per heavy atom. The van der Waals surface area contributed by atoms with Gasteiger partial charge in [-0.1, -0.05) is 0 Å². The van der Waals surface area contributed by atoms with E-state index in [2.05, 4.69) is 22.9 Å². The van der Waals surface area contributed by atoms with Gasteiger partial charge < -0.3 is 0 Å². The van der Waals surface area contributed by atoms with Crippen molar-refractivity contribution >= 4 is 27.3 Å². The second-order valence-corrected chi connectivity index (χ2v) is 3.75. The van der Waals surface area contributed by atoms with Gasteiger partial charge in [0.2, 0.25) is 0 Å². The number of rotatable bonds is 0. The third kappa shape index (κ3) is 1.28. The lowest BCUT2D eigenvalue weighted by Gasteiger charge is -1.69. The highest BCUT2D eigenvalue weighted by Crippen LogP contribution is 2.20. The maximum absolute atomic E-state index is 3.73. The highest BCUT2D eigenvalue weighted by Gasteiger charge is 1.86. The Kier molecular flexibility index (Phi) is 1.50. The van der Waals surface area contributed by atoms with Crippen LogP contribution in [0.1, 0.15) is 4.88 Å². The Hall–Kier alpha value is 0.180. The number of thiophene rings is 1. The third-order valence-electron chi connectivity index (χ3n) is 0.629. The van der Waals surface area contributed by atoms with Crippen LogP contribution in [0, 0.1) is 6.92 Å². The fourth-order valence-corrected chi connectivity index (χ4v) is 1.63. The molecule has 0 atom stereocenters. The van der Waals surface area contributed by atoms with E-state index in [1.165, 1.54) is 0 Å². The van der Waals surface area contributed by atoms with Crippen molar-refractivity contribution in [1.29, 1.82) is 0 Å². The van der Waals surface area contributed by atoms with Crippen LogP contribution in [-0.2, 0) is 0 Å². The normalized spacial score (nSPS) is 9.43. The van der Waals surface area contributed by atoms with Gasteiger partial charge in [-0.2, -0.15) is 0 Å². The van der Waals surface area contributed by atoms with Gasteiger partial charge in [-0.25, -0.2) is 0 Å². The largest absolute Gasteiger partial charge is 0.133 e. The summed E-state index contributed by atoms with van der Waals surface area (Å²) in [5, 5.41) is 0. The Balaban J connectivity index is 3.04. The minimum atomic E-state index is 1.10. The lowest BCUT2D eigenvalue weighted by atomic mass is 10.5. The molecule has 1 heterocycles. The Bertz CT molecular complexity index is 140. The summed E-state index contributed by atoms with van der Waals surface area (Å²) in [7, 11) is 0. The average Bonchev–Trinajstić information content (AvgIpc) is 1.87. The molecule has 0 bridgehead atoms. The van der Waals surface area contributed by atoms with E-state index in [4.69, 9.17) is 0 Å². The maximum atomic E-state index is 3.73. The van der Waals surface area contributed by atoms with E-state index in [9.17, 15) is 0 Å². The molecule has 0 aliphatic heterocycles. The summed E-state index contributed by atoms with van der Waals surface area (Å²) in [5.74, 6) is 0. The van der Waals surface area contributed by atoms with Gasteiger partial charge in [0.15, 0.2) is 0 Å². The van der Waals surface area contributed by atoms with Crippen molar-refractivity contribution in [2.75, 3.05) is 0 Å². The first-order chi connectivity index (χ1) is 3.29. The van der Waals surface area contributed by atoms with E-state index >= 15 is 0 Å². The first-order valence-corrected chi connectivity index (χ1v) is 3.47. The van der Waals surface area contributed by atoms with Gasteiger partial charge in [0.05, 0.1) is 3.79 Å². The average molecular weight is 176 g/mol. The second-order valence-electron chi connectivity index (χ2n) is 1.21. The summed E-state index contributed by atoms with van der Waals surface area (Å²) in [4.78, 5) is 1.10. The molecule has 0 saturated carbocycles. The van der Waals surface area contributed by atoms with E-state index in [0.29, 0.717) is 0 Å². The van der Waals surface area contributed by atoms with Crippen molar-refractivity contribution < 1.29 is 0 Å². The SMILES string of the molecule is [CH2]c1ccc(Br)s1. The molecule has 7 heavy (non-hydrogen) atoms. The van der Waals surface area contributed by atoms with Gasteiger partial charge in [-0.05, 0) is 35.0 Å². The monoisotopic (exact) mass is 175 g/mol. The smallest absolute Gasteiger partial charge is 0.0701 e. The fraction of sp³-hybridized carbons (Fsp3) is 0. The van der Waals surface area contributed by atoms with Crippen molar-refractivity contribution in [2.24, 2.45) is 0 Å². The van der Waals surface area contributed by atoms with Crippen molar-refractivity contribution in [3.8, 4) is 0 Å². The lowest BCUT2D eigenvalue weighted by Crippen LogP contribution is -1.43. The quantitative estimate of drug-likeness (QED) is 0.570. The second kappa shape index (κ2) is 1.97. The molecule has 1 radical (unpaired) electrons. The van der Waals surface area contributed by atoms with Crippen LogP contribution in [0.25, 0.3) is 0 Å². The molecule has 0 fully saturated rings. The summed E-state index contributed by atoms with van der Waals surface area (Å²) in [6.45, 7) is 3.73. The van der Waals surface area contributed by atoms with Gasteiger partial charge in [0, 0.05) is 4.88 Å². The fourth-order valence-electron chi connectivity index (χ4n) is 0.352. The number of hydrogen-bond acceptors (Lipinski definition) is 1. The van der Waals surface area contributed by atoms with Gasteiger partial charge in [-0.3, -0.25) is 0 Å². The topological polar surface area (TPSA) is 0 Å². The van der Waals surface area contributed by atoms with Crippen LogP contribution in [-0.4, -0.2) is 0 Å². The maximum Gasteiger partial charge on any atom is 0.0701 e. The van der Waals surface area contributed by atoms with Crippen LogP contribution >= 0.6 is 27.3 Å². The minimum Gasteiger partial charge on any atom is -0.133 e. The van der Waals surface area contributed by atoms with Crippen LogP contribution < -0.4 is 0 Å². The Labute approximate surface area is 55.3 Å². The molecular formula is C5H4BrS. The van der Waals surface area contributed by atoms with Gasteiger partial charge in [0.1, 0.15) is 0 Å². The summed E-state index contributed by atoms with van der Waals surface area (Å²) in [6.07, 6.45) is 0. The number of halogens is 1. The van der Waals surface area contributed by atoms with Crippen LogP contribution in [0.4, 0.5) is 0 Å². The van der Waals surface area contributed by atoms with Crippen molar-refractivity contribution in [3.63, 3.8) is 0 Å². The molecule has 1 aromatic rings. The summed E-state index contributed by atoms with van der Waals surface area (Å²) in [5.41, 5.74) is 0. The van der Waals surface area contributed by atoms with Crippen molar-refractivity contribution in [1.82, 2.24) is 0 Å². The van der Waals surface area contributed by atoms with Gasteiger partial charge in [-0.15, -0.1) is 11.3 Å². The lowest BCUT2D eigenvalue weighted by molar-refractivity contribution is 1.87. The molecule has 0 aliphatic rings. The summed E-state index contributed by atoms with van der Waals surface area (Å²) >= 11 is 4.96. The molecule has 0 aromatic carbocycles. The van der Waals surface area contributed by atoms with Gasteiger partial charge >= 0.3 is 0 Å². The van der Waals surface area contributed by atoms with Crippen molar-refractivity contribution in [2.45, 2.75) is 0 Å². The third-order valence-corrected chi connectivity index (χ3v) is 2.11. The predicted octanol–water partition coefficient (Wildman–Crippen LogP) is 2.69. The molecule has 1 rings (SSSR count). The Morgan fingerprint density at radius 1 is 1.57 bits per heavy atom. The predicted molar refractivity (Wildman–Crippen MR) is 36.5 cm³/mol. The standard InChI is InChI=1S/C5H4BrS/c1-4-2-3-5(6)7-4/h2-3H,1H2. The molecule has 37 valence electrons. The minimum absolute atomic E-state index is 1.10. The van der Waals surface area contributed by atoms with Crippen LogP contribution in [0.15, 0.2) is 15.9 Å². The molecule has 1 aromatic heterocycles. The van der Waals surface area contributed by atoms with E-state index in [1.807, 2.05) is 12.1 Å². The molecule has 0 saturated heterocycles. The van der Waals surface area contributed by atoms with Crippen LogP contribution in [0.2, 0.25) is 0 Å². The van der Waals surface area contributed by atoms with E-state index in [-0.39, 0.29) is 0 Å².